The highest BCUT2D eigenvalue weighted by Gasteiger charge is 2.35. The van der Waals surface area contributed by atoms with Crippen molar-refractivity contribution in [3.8, 4) is 5.75 Å². The van der Waals surface area contributed by atoms with Gasteiger partial charge in [0.2, 0.25) is 10.0 Å². The number of halogens is 2. The Balaban J connectivity index is 1.70. The molecule has 2 amide bonds. The second-order valence-corrected chi connectivity index (χ2v) is 8.53. The van der Waals surface area contributed by atoms with Gasteiger partial charge in [0, 0.05) is 37.8 Å². The Morgan fingerprint density at radius 1 is 1.17 bits per heavy atom. The quantitative estimate of drug-likeness (QED) is 0.817. The third-order valence-electron chi connectivity index (χ3n) is 4.67. The molecule has 156 valence electrons. The Hall–Kier alpha value is -2.72. The van der Waals surface area contributed by atoms with Crippen LogP contribution in [0, 0.1) is 11.6 Å². The molecule has 2 aromatic rings. The topological polar surface area (TPSA) is 79.0 Å². The molecule has 1 aliphatic rings. The number of hydrogen-bond donors (Lipinski definition) is 1. The summed E-state index contributed by atoms with van der Waals surface area (Å²) in [7, 11) is -2.32. The molecule has 0 aromatic heterocycles. The molecular weight excluding hydrogens is 404 g/mol. The fourth-order valence-corrected chi connectivity index (χ4v) is 4.81. The molecule has 29 heavy (non-hydrogen) atoms. The minimum absolute atomic E-state index is 0.0834. The van der Waals surface area contributed by atoms with Crippen molar-refractivity contribution in [1.29, 1.82) is 0 Å². The Labute approximate surface area is 167 Å². The lowest BCUT2D eigenvalue weighted by atomic mass is 10.2. The van der Waals surface area contributed by atoms with Crippen LogP contribution in [-0.2, 0) is 10.0 Å². The average Bonchev–Trinajstić information content (AvgIpc) is 2.69. The molecule has 0 spiro atoms. The van der Waals surface area contributed by atoms with E-state index in [1.807, 2.05) is 0 Å². The van der Waals surface area contributed by atoms with Gasteiger partial charge in [-0.25, -0.2) is 22.0 Å². The van der Waals surface area contributed by atoms with Crippen molar-refractivity contribution in [2.24, 2.45) is 0 Å². The zero-order valence-corrected chi connectivity index (χ0v) is 16.7. The predicted octanol–water partition coefficient (Wildman–Crippen LogP) is 2.90. The van der Waals surface area contributed by atoms with Gasteiger partial charge < -0.3 is 15.0 Å². The van der Waals surface area contributed by atoms with Crippen molar-refractivity contribution >= 4 is 21.7 Å². The lowest BCUT2D eigenvalue weighted by molar-refractivity contribution is 0.157. The molecule has 1 saturated heterocycles. The van der Waals surface area contributed by atoms with E-state index >= 15 is 0 Å². The molecule has 7 nitrogen and oxygen atoms in total. The summed E-state index contributed by atoms with van der Waals surface area (Å²) in [5, 5.41) is 2.39. The third-order valence-corrected chi connectivity index (χ3v) is 6.68. The minimum atomic E-state index is -3.77. The van der Waals surface area contributed by atoms with Gasteiger partial charge in [-0.1, -0.05) is 6.07 Å². The largest absolute Gasteiger partial charge is 0.497 e. The van der Waals surface area contributed by atoms with Crippen molar-refractivity contribution in [3.63, 3.8) is 0 Å². The first-order valence-corrected chi connectivity index (χ1v) is 10.3. The smallest absolute Gasteiger partial charge is 0.322 e. The summed E-state index contributed by atoms with van der Waals surface area (Å²) in [4.78, 5) is 13.9. The number of methoxy groups -OCH3 is 1. The Kier molecular flexibility index (Phi) is 6.04. The number of carbonyl (C=O) groups is 1. The van der Waals surface area contributed by atoms with Crippen LogP contribution in [0.25, 0.3) is 0 Å². The number of piperazine rings is 1. The molecule has 1 aliphatic heterocycles. The fraction of sp³-hybridized carbons (Fsp3) is 0.316. The van der Waals surface area contributed by atoms with E-state index in [-0.39, 0.29) is 30.2 Å². The predicted molar refractivity (Wildman–Crippen MR) is 103 cm³/mol. The fourth-order valence-electron chi connectivity index (χ4n) is 3.16. The van der Waals surface area contributed by atoms with Gasteiger partial charge in [0.25, 0.3) is 0 Å². The van der Waals surface area contributed by atoms with Gasteiger partial charge in [0.1, 0.15) is 17.4 Å². The number of hydrogen-bond acceptors (Lipinski definition) is 4. The summed E-state index contributed by atoms with van der Waals surface area (Å²) in [5.41, 5.74) is -0.143. The van der Waals surface area contributed by atoms with E-state index in [1.54, 1.807) is 19.1 Å². The van der Waals surface area contributed by atoms with Crippen LogP contribution in [0.4, 0.5) is 19.3 Å². The molecule has 2 aromatic carbocycles. The van der Waals surface area contributed by atoms with Crippen molar-refractivity contribution < 1.29 is 26.7 Å². The molecule has 0 bridgehead atoms. The normalized spacial score (nSPS) is 17.8. The van der Waals surface area contributed by atoms with E-state index < -0.39 is 33.7 Å². The number of amides is 2. The van der Waals surface area contributed by atoms with Crippen molar-refractivity contribution in [2.45, 2.75) is 17.9 Å². The molecule has 1 fully saturated rings. The molecule has 1 N–H and O–H groups in total. The number of carbonyl (C=O) groups excluding carboxylic acids is 1. The molecule has 0 unspecified atom stereocenters. The second kappa shape index (κ2) is 8.34. The van der Waals surface area contributed by atoms with Gasteiger partial charge in [-0.2, -0.15) is 4.31 Å². The molecule has 0 saturated carbocycles. The number of nitrogens with one attached hydrogen (secondary N) is 1. The van der Waals surface area contributed by atoms with Crippen LogP contribution in [0.1, 0.15) is 6.92 Å². The summed E-state index contributed by atoms with van der Waals surface area (Å²) >= 11 is 0. The zero-order valence-electron chi connectivity index (χ0n) is 15.9. The number of ether oxygens (including phenoxy) is 1. The number of anilines is 1. The maximum absolute atomic E-state index is 13.8. The number of sulfonamides is 1. The SMILES string of the molecule is COc1cccc(S(=O)(=O)N2CCN(C(=O)Nc3ccc(F)cc3F)C[C@@H]2C)c1. The molecule has 1 heterocycles. The first kappa shape index (κ1) is 21.0. The second-order valence-electron chi connectivity index (χ2n) is 6.64. The number of rotatable bonds is 4. The molecule has 10 heteroatoms. The summed E-state index contributed by atoms with van der Waals surface area (Å²) in [5.74, 6) is -1.20. The Morgan fingerprint density at radius 2 is 1.93 bits per heavy atom. The van der Waals surface area contributed by atoms with Gasteiger partial charge in [-0.05, 0) is 31.2 Å². The van der Waals surface area contributed by atoms with E-state index in [1.165, 1.54) is 28.4 Å². The summed E-state index contributed by atoms with van der Waals surface area (Å²) in [6, 6.07) is 7.95. The molecule has 0 aliphatic carbocycles. The van der Waals surface area contributed by atoms with Crippen LogP contribution in [-0.4, -0.2) is 56.4 Å². The van der Waals surface area contributed by atoms with Crippen molar-refractivity contribution in [1.82, 2.24) is 9.21 Å². The van der Waals surface area contributed by atoms with Crippen LogP contribution in [0.5, 0.6) is 5.75 Å². The van der Waals surface area contributed by atoms with E-state index in [0.29, 0.717) is 11.8 Å². The maximum atomic E-state index is 13.8. The first-order valence-electron chi connectivity index (χ1n) is 8.89. The number of nitrogens with zero attached hydrogens (tertiary/aromatic N) is 2. The summed E-state index contributed by atoms with van der Waals surface area (Å²) in [6.45, 7) is 2.02. The van der Waals surface area contributed by atoms with Gasteiger partial charge in [0.05, 0.1) is 17.7 Å². The lowest BCUT2D eigenvalue weighted by Crippen LogP contribution is -2.56. The Bertz CT molecular complexity index is 1020. The van der Waals surface area contributed by atoms with Crippen molar-refractivity contribution in [3.05, 3.63) is 54.1 Å². The summed E-state index contributed by atoms with van der Waals surface area (Å²) in [6.07, 6.45) is 0. The highest BCUT2D eigenvalue weighted by atomic mass is 32.2. The van der Waals surface area contributed by atoms with Crippen LogP contribution >= 0.6 is 0 Å². The molecule has 0 radical (unpaired) electrons. The summed E-state index contributed by atoms with van der Waals surface area (Å²) < 4.78 is 59.1. The highest BCUT2D eigenvalue weighted by molar-refractivity contribution is 7.89. The van der Waals surface area contributed by atoms with Gasteiger partial charge >= 0.3 is 6.03 Å². The highest BCUT2D eigenvalue weighted by Crippen LogP contribution is 2.25. The average molecular weight is 425 g/mol. The Morgan fingerprint density at radius 3 is 2.59 bits per heavy atom. The minimum Gasteiger partial charge on any atom is -0.497 e. The van der Waals surface area contributed by atoms with Gasteiger partial charge in [-0.3, -0.25) is 0 Å². The lowest BCUT2D eigenvalue weighted by Gasteiger charge is -2.38. The first-order chi connectivity index (χ1) is 13.7. The molecule has 3 rings (SSSR count). The molecule has 1 atom stereocenters. The van der Waals surface area contributed by atoms with E-state index in [9.17, 15) is 22.0 Å². The zero-order chi connectivity index (χ0) is 21.2. The van der Waals surface area contributed by atoms with E-state index in [4.69, 9.17) is 4.74 Å². The van der Waals surface area contributed by atoms with Gasteiger partial charge in [-0.15, -0.1) is 0 Å². The van der Waals surface area contributed by atoms with E-state index in [2.05, 4.69) is 5.32 Å². The van der Waals surface area contributed by atoms with Crippen LogP contribution in [0.2, 0.25) is 0 Å². The van der Waals surface area contributed by atoms with E-state index in [0.717, 1.165) is 12.1 Å². The van der Waals surface area contributed by atoms with Crippen molar-refractivity contribution in [2.75, 3.05) is 32.1 Å². The number of urea groups is 1. The number of benzene rings is 2. The van der Waals surface area contributed by atoms with Crippen LogP contribution < -0.4 is 10.1 Å². The molecular formula is C19H21F2N3O4S. The maximum Gasteiger partial charge on any atom is 0.322 e. The standard InChI is InChI=1S/C19H21F2N3O4S/c1-13-12-23(19(25)22-18-7-6-14(20)10-17(18)21)8-9-24(13)29(26,27)16-5-3-4-15(11-16)28-2/h3-7,10-11,13H,8-9,12H2,1-2H3,(H,22,25)/t13-/m0/s1. The van der Waals surface area contributed by atoms with Gasteiger partial charge in [0.15, 0.2) is 0 Å². The third kappa shape index (κ3) is 4.48. The van der Waals surface area contributed by atoms with Crippen LogP contribution in [0.15, 0.2) is 47.4 Å². The van der Waals surface area contributed by atoms with Crippen LogP contribution in [0.3, 0.4) is 0 Å². The monoisotopic (exact) mass is 425 g/mol.